The molecular weight excluding hydrogens is 227 g/mol. The van der Waals surface area contributed by atoms with Crippen molar-refractivity contribution in [3.63, 3.8) is 0 Å². The van der Waals surface area contributed by atoms with E-state index in [9.17, 15) is 4.39 Å². The second-order valence-corrected chi connectivity index (χ2v) is 4.63. The van der Waals surface area contributed by atoms with Crippen LogP contribution in [0.1, 0.15) is 12.8 Å². The summed E-state index contributed by atoms with van der Waals surface area (Å²) in [5, 5.41) is 6.77. The SMILES string of the molecule is Fc1cc(NCC2CCCNC2)ccc1Cl. The summed E-state index contributed by atoms with van der Waals surface area (Å²) in [6, 6.07) is 4.83. The molecule has 16 heavy (non-hydrogen) atoms. The van der Waals surface area contributed by atoms with E-state index in [2.05, 4.69) is 10.6 Å². The van der Waals surface area contributed by atoms with Crippen LogP contribution in [0.4, 0.5) is 10.1 Å². The summed E-state index contributed by atoms with van der Waals surface area (Å²) in [5.41, 5.74) is 0.799. The minimum Gasteiger partial charge on any atom is -0.385 e. The van der Waals surface area contributed by atoms with Gasteiger partial charge in [-0.3, -0.25) is 0 Å². The molecule has 1 aliphatic rings. The van der Waals surface area contributed by atoms with Gasteiger partial charge in [0.05, 0.1) is 5.02 Å². The molecule has 0 saturated carbocycles. The predicted octanol–water partition coefficient (Wildman–Crippen LogP) is 2.89. The van der Waals surface area contributed by atoms with E-state index < -0.39 is 0 Å². The molecule has 1 saturated heterocycles. The van der Waals surface area contributed by atoms with Crippen molar-refractivity contribution in [2.24, 2.45) is 5.92 Å². The van der Waals surface area contributed by atoms with Gasteiger partial charge in [-0.1, -0.05) is 11.6 Å². The van der Waals surface area contributed by atoms with Gasteiger partial charge in [-0.25, -0.2) is 4.39 Å². The summed E-state index contributed by atoms with van der Waals surface area (Å²) >= 11 is 5.62. The third-order valence-corrected chi connectivity index (χ3v) is 3.22. The number of hydrogen-bond donors (Lipinski definition) is 2. The highest BCUT2D eigenvalue weighted by atomic mass is 35.5. The molecule has 1 unspecified atom stereocenters. The first-order valence-electron chi connectivity index (χ1n) is 5.65. The largest absolute Gasteiger partial charge is 0.385 e. The van der Waals surface area contributed by atoms with Crippen molar-refractivity contribution in [2.75, 3.05) is 25.0 Å². The van der Waals surface area contributed by atoms with Crippen molar-refractivity contribution in [2.45, 2.75) is 12.8 Å². The van der Waals surface area contributed by atoms with Gasteiger partial charge in [-0.15, -0.1) is 0 Å². The molecule has 1 heterocycles. The average Bonchev–Trinajstić information content (AvgIpc) is 2.32. The predicted molar refractivity (Wildman–Crippen MR) is 65.5 cm³/mol. The molecule has 0 aromatic heterocycles. The number of halogens is 2. The van der Waals surface area contributed by atoms with Crippen molar-refractivity contribution >= 4 is 17.3 Å². The summed E-state index contributed by atoms with van der Waals surface area (Å²) in [7, 11) is 0. The third-order valence-electron chi connectivity index (χ3n) is 2.91. The molecule has 88 valence electrons. The molecule has 4 heteroatoms. The van der Waals surface area contributed by atoms with Gasteiger partial charge in [-0.2, -0.15) is 0 Å². The van der Waals surface area contributed by atoms with Gasteiger partial charge in [0, 0.05) is 12.2 Å². The van der Waals surface area contributed by atoms with E-state index in [0.29, 0.717) is 5.92 Å². The van der Waals surface area contributed by atoms with Gasteiger partial charge in [-0.05, 0) is 50.0 Å². The highest BCUT2D eigenvalue weighted by Gasteiger charge is 2.12. The number of anilines is 1. The number of piperidine rings is 1. The van der Waals surface area contributed by atoms with Crippen molar-refractivity contribution in [1.82, 2.24) is 5.32 Å². The average molecular weight is 243 g/mol. The first-order valence-corrected chi connectivity index (χ1v) is 6.03. The Labute approximate surface area is 100 Å². The Bertz CT molecular complexity index is 351. The quantitative estimate of drug-likeness (QED) is 0.852. The lowest BCUT2D eigenvalue weighted by Crippen LogP contribution is -2.33. The smallest absolute Gasteiger partial charge is 0.143 e. The van der Waals surface area contributed by atoms with Crippen LogP contribution in [0.5, 0.6) is 0 Å². The molecular formula is C12H16ClFN2. The van der Waals surface area contributed by atoms with E-state index in [1.54, 1.807) is 6.07 Å². The lowest BCUT2D eigenvalue weighted by Gasteiger charge is -2.23. The molecule has 1 fully saturated rings. The summed E-state index contributed by atoms with van der Waals surface area (Å²) in [4.78, 5) is 0. The first-order chi connectivity index (χ1) is 7.75. The number of rotatable bonds is 3. The van der Waals surface area contributed by atoms with Gasteiger partial charge in [0.1, 0.15) is 5.82 Å². The van der Waals surface area contributed by atoms with E-state index in [4.69, 9.17) is 11.6 Å². The van der Waals surface area contributed by atoms with Gasteiger partial charge in [0.25, 0.3) is 0 Å². The fraction of sp³-hybridized carbons (Fsp3) is 0.500. The van der Waals surface area contributed by atoms with E-state index in [-0.39, 0.29) is 10.8 Å². The highest BCUT2D eigenvalue weighted by molar-refractivity contribution is 6.30. The standard InChI is InChI=1S/C12H16ClFN2/c13-11-4-3-10(6-12(11)14)16-8-9-2-1-5-15-7-9/h3-4,6,9,15-16H,1-2,5,7-8H2. The molecule has 0 amide bonds. The van der Waals surface area contributed by atoms with Crippen LogP contribution in [0.3, 0.4) is 0 Å². The van der Waals surface area contributed by atoms with Crippen LogP contribution in [-0.2, 0) is 0 Å². The molecule has 2 N–H and O–H groups in total. The molecule has 1 aromatic rings. The Kier molecular flexibility index (Phi) is 4.02. The Morgan fingerprint density at radius 1 is 1.50 bits per heavy atom. The topological polar surface area (TPSA) is 24.1 Å². The molecule has 0 radical (unpaired) electrons. The van der Waals surface area contributed by atoms with Crippen LogP contribution in [-0.4, -0.2) is 19.6 Å². The number of benzene rings is 1. The van der Waals surface area contributed by atoms with E-state index in [1.807, 2.05) is 6.07 Å². The van der Waals surface area contributed by atoms with Crippen LogP contribution in [0.2, 0.25) is 5.02 Å². The van der Waals surface area contributed by atoms with Crippen molar-refractivity contribution in [3.8, 4) is 0 Å². The van der Waals surface area contributed by atoms with Crippen LogP contribution in [0.15, 0.2) is 18.2 Å². The minimum absolute atomic E-state index is 0.171. The van der Waals surface area contributed by atoms with Gasteiger partial charge in [0.15, 0.2) is 0 Å². The molecule has 1 aromatic carbocycles. The minimum atomic E-state index is -0.367. The van der Waals surface area contributed by atoms with E-state index in [0.717, 1.165) is 25.3 Å². The van der Waals surface area contributed by atoms with Crippen LogP contribution in [0, 0.1) is 11.7 Å². The summed E-state index contributed by atoms with van der Waals surface area (Å²) < 4.78 is 13.2. The zero-order valence-corrected chi connectivity index (χ0v) is 9.86. The zero-order chi connectivity index (χ0) is 11.4. The Hall–Kier alpha value is -0.800. The zero-order valence-electron chi connectivity index (χ0n) is 9.10. The van der Waals surface area contributed by atoms with E-state index >= 15 is 0 Å². The Morgan fingerprint density at radius 3 is 3.06 bits per heavy atom. The first kappa shape index (κ1) is 11.7. The molecule has 0 aliphatic carbocycles. The van der Waals surface area contributed by atoms with Crippen LogP contribution in [0.25, 0.3) is 0 Å². The second-order valence-electron chi connectivity index (χ2n) is 4.22. The third kappa shape index (κ3) is 3.09. The number of hydrogen-bond acceptors (Lipinski definition) is 2. The monoisotopic (exact) mass is 242 g/mol. The maximum atomic E-state index is 13.2. The molecule has 1 atom stereocenters. The van der Waals surface area contributed by atoms with E-state index in [1.165, 1.54) is 18.9 Å². The fourth-order valence-electron chi connectivity index (χ4n) is 1.97. The van der Waals surface area contributed by atoms with Crippen LogP contribution < -0.4 is 10.6 Å². The van der Waals surface area contributed by atoms with Crippen molar-refractivity contribution in [3.05, 3.63) is 29.0 Å². The lowest BCUT2D eigenvalue weighted by molar-refractivity contribution is 0.393. The summed E-state index contributed by atoms with van der Waals surface area (Å²) in [5.74, 6) is 0.265. The van der Waals surface area contributed by atoms with Gasteiger partial charge < -0.3 is 10.6 Å². The number of nitrogens with one attached hydrogen (secondary N) is 2. The van der Waals surface area contributed by atoms with Gasteiger partial charge in [0.2, 0.25) is 0 Å². The normalized spacial score (nSPS) is 20.8. The Balaban J connectivity index is 1.86. The Morgan fingerprint density at radius 2 is 2.38 bits per heavy atom. The second kappa shape index (κ2) is 5.51. The maximum absolute atomic E-state index is 13.2. The lowest BCUT2D eigenvalue weighted by atomic mass is 10.00. The molecule has 0 bridgehead atoms. The molecule has 1 aliphatic heterocycles. The fourth-order valence-corrected chi connectivity index (χ4v) is 2.08. The molecule has 0 spiro atoms. The molecule has 2 nitrogen and oxygen atoms in total. The summed E-state index contributed by atoms with van der Waals surface area (Å²) in [6.07, 6.45) is 2.46. The van der Waals surface area contributed by atoms with Crippen LogP contribution >= 0.6 is 11.6 Å². The maximum Gasteiger partial charge on any atom is 0.143 e. The highest BCUT2D eigenvalue weighted by Crippen LogP contribution is 2.19. The van der Waals surface area contributed by atoms with Crippen molar-refractivity contribution < 1.29 is 4.39 Å². The van der Waals surface area contributed by atoms with Gasteiger partial charge >= 0.3 is 0 Å². The summed E-state index contributed by atoms with van der Waals surface area (Å²) in [6.45, 7) is 3.04. The van der Waals surface area contributed by atoms with Crippen molar-refractivity contribution in [1.29, 1.82) is 0 Å². The molecule has 2 rings (SSSR count).